The third kappa shape index (κ3) is 4.30. The first-order valence-electron chi connectivity index (χ1n) is 8.67. The fourth-order valence-electron chi connectivity index (χ4n) is 3.27. The Morgan fingerprint density at radius 2 is 2.04 bits per heavy atom. The highest BCUT2D eigenvalue weighted by Gasteiger charge is 2.29. The molecule has 1 aromatic carbocycles. The first-order chi connectivity index (χ1) is 11.8. The molecule has 0 bridgehead atoms. The Bertz CT molecular complexity index is 573. The molecule has 24 heavy (non-hydrogen) atoms. The van der Waals surface area contributed by atoms with Crippen molar-refractivity contribution in [3.63, 3.8) is 0 Å². The van der Waals surface area contributed by atoms with Gasteiger partial charge in [0.05, 0.1) is 25.7 Å². The summed E-state index contributed by atoms with van der Waals surface area (Å²) < 4.78 is 5.03. The summed E-state index contributed by atoms with van der Waals surface area (Å²) in [4.78, 5) is 21.1. The highest BCUT2D eigenvalue weighted by Crippen LogP contribution is 2.28. The molecule has 1 aliphatic carbocycles. The van der Waals surface area contributed by atoms with Crippen molar-refractivity contribution in [1.82, 2.24) is 4.90 Å². The predicted molar refractivity (Wildman–Crippen MR) is 99.3 cm³/mol. The zero-order chi connectivity index (χ0) is 16.8. The Balaban J connectivity index is 1.72. The minimum absolute atomic E-state index is 0.184. The number of ether oxygens (including phenoxy) is 1. The van der Waals surface area contributed by atoms with Crippen LogP contribution in [-0.2, 0) is 9.53 Å². The minimum Gasteiger partial charge on any atom is -0.465 e. The van der Waals surface area contributed by atoms with Crippen molar-refractivity contribution in [2.45, 2.75) is 38.6 Å². The van der Waals surface area contributed by atoms with Crippen LogP contribution in [0.1, 0.15) is 32.6 Å². The molecule has 0 spiro atoms. The summed E-state index contributed by atoms with van der Waals surface area (Å²) in [5.74, 6) is 0.121. The maximum absolute atomic E-state index is 11.7. The standard InChI is InChI=1S/C18H25N3O2S/c1-2-23-17(22)12-24-18-19-13-20(15-8-6-7-9-15)14-21(18)16-10-4-3-5-11-16/h3-5,10-11,15H,2,6-9,12-14H2,1H3. The van der Waals surface area contributed by atoms with E-state index in [0.29, 0.717) is 18.4 Å². The van der Waals surface area contributed by atoms with Gasteiger partial charge in [0, 0.05) is 11.7 Å². The average Bonchev–Trinajstić information content (AvgIpc) is 3.15. The summed E-state index contributed by atoms with van der Waals surface area (Å²) in [5, 5.41) is 0.906. The van der Waals surface area contributed by atoms with Gasteiger partial charge in [0.1, 0.15) is 0 Å². The molecule has 0 unspecified atom stereocenters. The second-order valence-electron chi connectivity index (χ2n) is 6.11. The number of thioether (sulfide) groups is 1. The monoisotopic (exact) mass is 347 g/mol. The maximum atomic E-state index is 11.7. The maximum Gasteiger partial charge on any atom is 0.316 e. The van der Waals surface area contributed by atoms with E-state index < -0.39 is 0 Å². The molecule has 6 heteroatoms. The van der Waals surface area contributed by atoms with Crippen molar-refractivity contribution in [2.75, 3.05) is 30.6 Å². The van der Waals surface area contributed by atoms with E-state index in [1.54, 1.807) is 0 Å². The van der Waals surface area contributed by atoms with Crippen molar-refractivity contribution in [3.05, 3.63) is 30.3 Å². The number of benzene rings is 1. The van der Waals surface area contributed by atoms with E-state index in [0.717, 1.165) is 24.2 Å². The van der Waals surface area contributed by atoms with E-state index >= 15 is 0 Å². The third-order valence-electron chi connectivity index (χ3n) is 4.48. The molecule has 1 aromatic rings. The van der Waals surface area contributed by atoms with Crippen molar-refractivity contribution in [1.29, 1.82) is 0 Å². The Morgan fingerprint density at radius 1 is 1.29 bits per heavy atom. The van der Waals surface area contributed by atoms with Gasteiger partial charge >= 0.3 is 5.97 Å². The molecule has 0 radical (unpaired) electrons. The third-order valence-corrected chi connectivity index (χ3v) is 5.46. The lowest BCUT2D eigenvalue weighted by Gasteiger charge is -2.38. The van der Waals surface area contributed by atoms with E-state index in [4.69, 9.17) is 9.73 Å². The molecule has 1 aliphatic heterocycles. The molecule has 2 aliphatic rings. The van der Waals surface area contributed by atoms with E-state index in [1.165, 1.54) is 37.4 Å². The van der Waals surface area contributed by atoms with Crippen LogP contribution in [0, 0.1) is 0 Å². The average molecular weight is 347 g/mol. The molecule has 0 N–H and O–H groups in total. The van der Waals surface area contributed by atoms with Crippen molar-refractivity contribution in [3.8, 4) is 0 Å². The van der Waals surface area contributed by atoms with Gasteiger partial charge in [-0.15, -0.1) is 0 Å². The highest BCUT2D eigenvalue weighted by molar-refractivity contribution is 8.14. The Morgan fingerprint density at radius 3 is 2.75 bits per heavy atom. The fraction of sp³-hybridized carbons (Fsp3) is 0.556. The van der Waals surface area contributed by atoms with Crippen molar-refractivity contribution >= 4 is 28.6 Å². The first kappa shape index (κ1) is 17.3. The second kappa shape index (κ2) is 8.53. The molecule has 0 amide bonds. The molecule has 1 fully saturated rings. The first-order valence-corrected chi connectivity index (χ1v) is 9.66. The van der Waals surface area contributed by atoms with Crippen LogP contribution in [0.5, 0.6) is 0 Å². The molecule has 5 nitrogen and oxygen atoms in total. The fourth-order valence-corrected chi connectivity index (χ4v) is 4.07. The molecular formula is C18H25N3O2S. The summed E-state index contributed by atoms with van der Waals surface area (Å²) >= 11 is 1.47. The Labute approximate surface area is 148 Å². The quantitative estimate of drug-likeness (QED) is 0.765. The zero-order valence-corrected chi connectivity index (χ0v) is 15.0. The lowest BCUT2D eigenvalue weighted by atomic mass is 10.2. The van der Waals surface area contributed by atoms with Crippen molar-refractivity contribution in [2.24, 2.45) is 4.99 Å². The van der Waals surface area contributed by atoms with Crippen LogP contribution >= 0.6 is 11.8 Å². The van der Waals surface area contributed by atoms with Gasteiger partial charge in [-0.25, -0.2) is 4.99 Å². The number of aliphatic imine (C=N–C) groups is 1. The van der Waals surface area contributed by atoms with Gasteiger partial charge in [0.2, 0.25) is 0 Å². The van der Waals surface area contributed by atoms with Crippen molar-refractivity contribution < 1.29 is 9.53 Å². The second-order valence-corrected chi connectivity index (χ2v) is 7.05. The van der Waals surface area contributed by atoms with Crippen LogP contribution in [0.4, 0.5) is 5.69 Å². The van der Waals surface area contributed by atoms with E-state index in [9.17, 15) is 4.79 Å². The van der Waals surface area contributed by atoms with E-state index in [-0.39, 0.29) is 5.97 Å². The van der Waals surface area contributed by atoms with Gasteiger partial charge in [-0.05, 0) is 31.9 Å². The number of nitrogens with zero attached hydrogens (tertiary/aromatic N) is 3. The summed E-state index contributed by atoms with van der Waals surface area (Å²) in [7, 11) is 0. The molecule has 1 saturated carbocycles. The lowest BCUT2D eigenvalue weighted by molar-refractivity contribution is -0.139. The molecule has 0 aromatic heterocycles. The Hall–Kier alpha value is -1.53. The smallest absolute Gasteiger partial charge is 0.316 e. The molecule has 0 saturated heterocycles. The van der Waals surface area contributed by atoms with Crippen LogP contribution in [0.15, 0.2) is 35.3 Å². The van der Waals surface area contributed by atoms with Gasteiger partial charge < -0.3 is 9.64 Å². The number of hydrogen-bond donors (Lipinski definition) is 0. The van der Waals surface area contributed by atoms with Gasteiger partial charge in [0.15, 0.2) is 5.17 Å². The van der Waals surface area contributed by atoms with Crippen LogP contribution in [0.2, 0.25) is 0 Å². The number of amidine groups is 1. The minimum atomic E-state index is -0.184. The van der Waals surface area contributed by atoms with E-state index in [2.05, 4.69) is 21.9 Å². The number of rotatable bonds is 5. The van der Waals surface area contributed by atoms with Crippen LogP contribution in [0.3, 0.4) is 0 Å². The molecule has 1 heterocycles. The number of anilines is 1. The highest BCUT2D eigenvalue weighted by atomic mass is 32.2. The largest absolute Gasteiger partial charge is 0.465 e. The van der Waals surface area contributed by atoms with Crippen LogP contribution in [0.25, 0.3) is 0 Å². The number of carbonyl (C=O) groups excluding carboxylic acids is 1. The normalized spacial score (nSPS) is 19.4. The SMILES string of the molecule is CCOC(=O)CSC1=NCN(C2CCCC2)CN1c1ccccc1. The summed E-state index contributed by atoms with van der Waals surface area (Å²) in [6.07, 6.45) is 5.17. The number of esters is 1. The molecule has 130 valence electrons. The molecule has 3 rings (SSSR count). The number of para-hydroxylation sites is 1. The van der Waals surface area contributed by atoms with Gasteiger partial charge in [0.25, 0.3) is 0 Å². The number of carbonyl (C=O) groups is 1. The van der Waals surface area contributed by atoms with Gasteiger partial charge in [-0.3, -0.25) is 9.69 Å². The molecule has 0 atom stereocenters. The summed E-state index contributed by atoms with van der Waals surface area (Å²) in [6.45, 7) is 3.81. The van der Waals surface area contributed by atoms with E-state index in [1.807, 2.05) is 25.1 Å². The topological polar surface area (TPSA) is 45.1 Å². The molecular weight excluding hydrogens is 322 g/mol. The summed E-state index contributed by atoms with van der Waals surface area (Å²) in [5.41, 5.74) is 1.12. The zero-order valence-electron chi connectivity index (χ0n) is 14.2. The van der Waals surface area contributed by atoms with Crippen LogP contribution in [-0.4, -0.2) is 47.8 Å². The predicted octanol–water partition coefficient (Wildman–Crippen LogP) is 3.32. The lowest BCUT2D eigenvalue weighted by Crippen LogP contribution is -2.49. The van der Waals surface area contributed by atoms with Gasteiger partial charge in [-0.1, -0.05) is 42.8 Å². The van der Waals surface area contributed by atoms with Gasteiger partial charge in [-0.2, -0.15) is 0 Å². The summed E-state index contributed by atoms with van der Waals surface area (Å²) in [6, 6.07) is 10.9. The Kier molecular flexibility index (Phi) is 6.15. The van der Waals surface area contributed by atoms with Crippen LogP contribution < -0.4 is 4.90 Å². The number of hydrogen-bond acceptors (Lipinski definition) is 6.